The van der Waals surface area contributed by atoms with Gasteiger partial charge in [-0.3, -0.25) is 0 Å². The first-order valence-corrected chi connectivity index (χ1v) is 6.27. The van der Waals surface area contributed by atoms with Crippen molar-refractivity contribution < 1.29 is 23.0 Å². The van der Waals surface area contributed by atoms with Gasteiger partial charge in [0.25, 0.3) is 0 Å². The Morgan fingerprint density at radius 2 is 1.95 bits per heavy atom. The van der Waals surface area contributed by atoms with E-state index in [9.17, 15) is 13.2 Å². The summed E-state index contributed by atoms with van der Waals surface area (Å²) < 4.78 is 40.8. The van der Waals surface area contributed by atoms with Crippen LogP contribution in [0.25, 0.3) is 10.4 Å². The van der Waals surface area contributed by atoms with Crippen molar-refractivity contribution in [3.05, 3.63) is 40.8 Å². The zero-order chi connectivity index (χ0) is 14.0. The summed E-state index contributed by atoms with van der Waals surface area (Å²) >= 11 is 1.48. The highest BCUT2D eigenvalue weighted by Gasteiger charge is 2.32. The SMILES string of the molecule is Cc1ccc(-c2ccc(CO)c(OC(F)(F)F)c2)s1. The molecule has 1 aromatic carbocycles. The standard InChI is InChI=1S/C13H11F3O2S/c1-8-2-5-12(19-8)9-3-4-10(7-17)11(6-9)18-13(14,15)16/h2-6,17H,7H2,1H3. The van der Waals surface area contributed by atoms with Crippen LogP contribution in [0.3, 0.4) is 0 Å². The quantitative estimate of drug-likeness (QED) is 0.920. The Balaban J connectivity index is 2.40. The molecule has 0 saturated carbocycles. The Hall–Kier alpha value is -1.53. The number of rotatable bonds is 3. The van der Waals surface area contributed by atoms with Gasteiger partial charge in [-0.2, -0.15) is 0 Å². The molecular formula is C13H11F3O2S. The summed E-state index contributed by atoms with van der Waals surface area (Å²) in [6.07, 6.45) is -4.77. The van der Waals surface area contributed by atoms with Crippen LogP contribution < -0.4 is 4.74 Å². The second-order valence-electron chi connectivity index (χ2n) is 3.94. The average Bonchev–Trinajstić information content (AvgIpc) is 2.74. The number of aryl methyl sites for hydroxylation is 1. The molecule has 0 bridgehead atoms. The van der Waals surface area contributed by atoms with E-state index in [0.29, 0.717) is 5.56 Å². The first kappa shape index (κ1) is 13.9. The molecule has 0 unspecified atom stereocenters. The molecule has 1 heterocycles. The number of halogens is 3. The summed E-state index contributed by atoms with van der Waals surface area (Å²) in [6, 6.07) is 8.13. The minimum absolute atomic E-state index is 0.106. The van der Waals surface area contributed by atoms with Crippen LogP contribution >= 0.6 is 11.3 Å². The van der Waals surface area contributed by atoms with E-state index in [2.05, 4.69) is 4.74 Å². The molecular weight excluding hydrogens is 277 g/mol. The topological polar surface area (TPSA) is 29.5 Å². The molecule has 1 aromatic heterocycles. The van der Waals surface area contributed by atoms with E-state index >= 15 is 0 Å². The minimum Gasteiger partial charge on any atom is -0.405 e. The monoisotopic (exact) mass is 288 g/mol. The molecule has 2 nitrogen and oxygen atoms in total. The lowest BCUT2D eigenvalue weighted by Gasteiger charge is -2.13. The molecule has 0 atom stereocenters. The van der Waals surface area contributed by atoms with E-state index in [1.165, 1.54) is 23.5 Å². The Kier molecular flexibility index (Phi) is 3.82. The van der Waals surface area contributed by atoms with Gasteiger partial charge >= 0.3 is 6.36 Å². The normalized spacial score (nSPS) is 11.6. The average molecular weight is 288 g/mol. The van der Waals surface area contributed by atoms with Gasteiger partial charge in [0.15, 0.2) is 0 Å². The molecule has 0 aliphatic rings. The van der Waals surface area contributed by atoms with Crippen LogP contribution in [0.2, 0.25) is 0 Å². The van der Waals surface area contributed by atoms with E-state index < -0.39 is 13.0 Å². The fourth-order valence-electron chi connectivity index (χ4n) is 1.65. The summed E-state index contributed by atoms with van der Waals surface area (Å²) in [4.78, 5) is 1.92. The van der Waals surface area contributed by atoms with Crippen LogP contribution in [0.5, 0.6) is 5.75 Å². The molecule has 0 aliphatic heterocycles. The predicted molar refractivity (Wildman–Crippen MR) is 67.1 cm³/mol. The zero-order valence-corrected chi connectivity index (χ0v) is 10.8. The lowest BCUT2D eigenvalue weighted by molar-refractivity contribution is -0.275. The van der Waals surface area contributed by atoms with Gasteiger partial charge in [-0.25, -0.2) is 0 Å². The van der Waals surface area contributed by atoms with E-state index in [-0.39, 0.29) is 11.3 Å². The molecule has 19 heavy (non-hydrogen) atoms. The van der Waals surface area contributed by atoms with Crippen LogP contribution in [-0.4, -0.2) is 11.5 Å². The number of hydrogen-bond acceptors (Lipinski definition) is 3. The largest absolute Gasteiger partial charge is 0.573 e. The smallest absolute Gasteiger partial charge is 0.405 e. The molecule has 102 valence electrons. The van der Waals surface area contributed by atoms with Gasteiger partial charge in [0.1, 0.15) is 5.75 Å². The third-order valence-corrected chi connectivity index (χ3v) is 3.54. The van der Waals surface area contributed by atoms with Gasteiger partial charge < -0.3 is 9.84 Å². The molecule has 2 aromatic rings. The van der Waals surface area contributed by atoms with Crippen molar-refractivity contribution in [2.75, 3.05) is 0 Å². The summed E-state index contributed by atoms with van der Waals surface area (Å²) in [5.74, 6) is -0.362. The molecule has 0 amide bonds. The van der Waals surface area contributed by atoms with Crippen molar-refractivity contribution in [1.29, 1.82) is 0 Å². The van der Waals surface area contributed by atoms with Gasteiger partial charge in [-0.05, 0) is 30.7 Å². The van der Waals surface area contributed by atoms with Crippen LogP contribution in [-0.2, 0) is 6.61 Å². The first-order chi connectivity index (χ1) is 8.89. The van der Waals surface area contributed by atoms with Crippen LogP contribution in [0, 0.1) is 6.92 Å². The third kappa shape index (κ3) is 3.48. The molecule has 0 aliphatic carbocycles. The number of hydrogen-bond donors (Lipinski definition) is 1. The summed E-state index contributed by atoms with van der Waals surface area (Å²) in [6.45, 7) is 1.42. The molecule has 0 radical (unpaired) electrons. The number of aliphatic hydroxyl groups excluding tert-OH is 1. The third-order valence-electron chi connectivity index (χ3n) is 2.49. The van der Waals surface area contributed by atoms with E-state index in [1.54, 1.807) is 6.07 Å². The highest BCUT2D eigenvalue weighted by molar-refractivity contribution is 7.15. The van der Waals surface area contributed by atoms with Crippen LogP contribution in [0.15, 0.2) is 30.3 Å². The van der Waals surface area contributed by atoms with Crippen molar-refractivity contribution in [3.63, 3.8) is 0 Å². The summed E-state index contributed by atoms with van der Waals surface area (Å²) in [5.41, 5.74) is 0.740. The first-order valence-electron chi connectivity index (χ1n) is 5.45. The van der Waals surface area contributed by atoms with Crippen molar-refractivity contribution in [1.82, 2.24) is 0 Å². The number of aliphatic hydroxyl groups is 1. The minimum atomic E-state index is -4.77. The molecule has 2 rings (SSSR count). The maximum atomic E-state index is 12.3. The molecule has 0 spiro atoms. The fourth-order valence-corrected chi connectivity index (χ4v) is 2.51. The molecule has 0 fully saturated rings. The highest BCUT2D eigenvalue weighted by atomic mass is 32.1. The Labute approximate surface area is 112 Å². The summed E-state index contributed by atoms with van der Waals surface area (Å²) in [5, 5.41) is 9.04. The zero-order valence-electron chi connectivity index (χ0n) is 9.99. The van der Waals surface area contributed by atoms with E-state index in [0.717, 1.165) is 9.75 Å². The van der Waals surface area contributed by atoms with Gasteiger partial charge in [-0.15, -0.1) is 24.5 Å². The van der Waals surface area contributed by atoms with Gasteiger partial charge in [0.05, 0.1) is 6.61 Å². The lowest BCUT2D eigenvalue weighted by atomic mass is 10.1. The summed E-state index contributed by atoms with van der Waals surface area (Å²) in [7, 11) is 0. The molecule has 6 heteroatoms. The predicted octanol–water partition coefficient (Wildman–Crippen LogP) is 4.11. The second-order valence-corrected chi connectivity index (χ2v) is 5.23. The number of ether oxygens (including phenoxy) is 1. The van der Waals surface area contributed by atoms with Crippen molar-refractivity contribution in [2.24, 2.45) is 0 Å². The van der Waals surface area contributed by atoms with Gasteiger partial charge in [0.2, 0.25) is 0 Å². The second kappa shape index (κ2) is 5.22. The Morgan fingerprint density at radius 1 is 1.21 bits per heavy atom. The van der Waals surface area contributed by atoms with Crippen molar-refractivity contribution >= 4 is 11.3 Å². The van der Waals surface area contributed by atoms with Crippen LogP contribution in [0.4, 0.5) is 13.2 Å². The van der Waals surface area contributed by atoms with Crippen molar-refractivity contribution in [2.45, 2.75) is 19.9 Å². The van der Waals surface area contributed by atoms with Crippen LogP contribution in [0.1, 0.15) is 10.4 Å². The van der Waals surface area contributed by atoms with Crippen molar-refractivity contribution in [3.8, 4) is 16.2 Å². The maximum Gasteiger partial charge on any atom is 0.573 e. The number of alkyl halides is 3. The Bertz CT molecular complexity index is 576. The number of thiophene rings is 1. The maximum absolute atomic E-state index is 12.3. The Morgan fingerprint density at radius 3 is 2.47 bits per heavy atom. The van der Waals surface area contributed by atoms with E-state index in [1.807, 2.05) is 19.1 Å². The molecule has 0 saturated heterocycles. The number of benzene rings is 1. The molecule has 1 N–H and O–H groups in total. The van der Waals surface area contributed by atoms with Gasteiger partial charge in [-0.1, -0.05) is 12.1 Å². The highest BCUT2D eigenvalue weighted by Crippen LogP contribution is 2.34. The fraction of sp³-hybridized carbons (Fsp3) is 0.231. The van der Waals surface area contributed by atoms with E-state index in [4.69, 9.17) is 5.11 Å². The lowest BCUT2D eigenvalue weighted by Crippen LogP contribution is -2.18. The van der Waals surface area contributed by atoms with Gasteiger partial charge in [0, 0.05) is 15.3 Å².